The van der Waals surface area contributed by atoms with Crippen LogP contribution in [0.3, 0.4) is 0 Å². The van der Waals surface area contributed by atoms with Crippen LogP contribution in [-0.2, 0) is 0 Å². The largest absolute Gasteiger partial charge is 0.339 e. The van der Waals surface area contributed by atoms with Crippen molar-refractivity contribution in [2.45, 2.75) is 12.8 Å². The predicted molar refractivity (Wildman–Crippen MR) is 97.8 cm³/mol. The highest BCUT2D eigenvalue weighted by Gasteiger charge is 2.19. The SMILES string of the molecule is O=C(c1ccc(NC(=S)Nc2ccc(F)cc2)cc1)N1CCCC1. The first-order chi connectivity index (χ1) is 11.6. The molecule has 0 atom stereocenters. The Kier molecular flexibility index (Phi) is 5.05. The second-order valence-electron chi connectivity index (χ2n) is 5.66. The van der Waals surface area contributed by atoms with Crippen molar-refractivity contribution in [3.63, 3.8) is 0 Å². The van der Waals surface area contributed by atoms with Gasteiger partial charge in [0.25, 0.3) is 5.91 Å². The molecular formula is C18H18FN3OS. The molecule has 1 fully saturated rings. The molecule has 2 aromatic rings. The molecule has 0 radical (unpaired) electrons. The molecule has 3 rings (SSSR count). The Hall–Kier alpha value is -2.47. The van der Waals surface area contributed by atoms with Crippen molar-refractivity contribution in [3.8, 4) is 0 Å². The van der Waals surface area contributed by atoms with Crippen LogP contribution in [0.25, 0.3) is 0 Å². The average Bonchev–Trinajstić information content (AvgIpc) is 3.11. The second-order valence-corrected chi connectivity index (χ2v) is 6.07. The van der Waals surface area contributed by atoms with Crippen LogP contribution in [0.5, 0.6) is 0 Å². The van der Waals surface area contributed by atoms with Crippen molar-refractivity contribution in [3.05, 3.63) is 59.9 Å². The molecule has 0 aromatic heterocycles. The van der Waals surface area contributed by atoms with E-state index in [1.54, 1.807) is 24.3 Å². The van der Waals surface area contributed by atoms with E-state index in [0.717, 1.165) is 31.6 Å². The number of hydrogen-bond acceptors (Lipinski definition) is 2. The summed E-state index contributed by atoms with van der Waals surface area (Å²) < 4.78 is 12.9. The van der Waals surface area contributed by atoms with E-state index in [1.165, 1.54) is 12.1 Å². The molecule has 1 heterocycles. The number of thiocarbonyl (C=S) groups is 1. The number of hydrogen-bond donors (Lipinski definition) is 2. The fourth-order valence-corrected chi connectivity index (χ4v) is 2.86. The fourth-order valence-electron chi connectivity index (χ4n) is 2.63. The summed E-state index contributed by atoms with van der Waals surface area (Å²) in [6, 6.07) is 13.2. The zero-order chi connectivity index (χ0) is 16.9. The summed E-state index contributed by atoms with van der Waals surface area (Å²) in [4.78, 5) is 14.2. The maximum atomic E-state index is 12.9. The molecule has 0 aliphatic carbocycles. The minimum absolute atomic E-state index is 0.0751. The van der Waals surface area contributed by atoms with E-state index in [1.807, 2.05) is 17.0 Å². The summed E-state index contributed by atoms with van der Waals surface area (Å²) in [5.74, 6) is -0.219. The Bertz CT molecular complexity index is 725. The van der Waals surface area contributed by atoms with E-state index in [0.29, 0.717) is 16.4 Å². The summed E-state index contributed by atoms with van der Waals surface area (Å²) >= 11 is 5.23. The Balaban J connectivity index is 1.58. The van der Waals surface area contributed by atoms with Crippen molar-refractivity contribution in [2.75, 3.05) is 23.7 Å². The Morgan fingerprint density at radius 3 is 1.96 bits per heavy atom. The third-order valence-electron chi connectivity index (χ3n) is 3.89. The lowest BCUT2D eigenvalue weighted by atomic mass is 10.2. The molecular weight excluding hydrogens is 325 g/mol. The van der Waals surface area contributed by atoms with Gasteiger partial charge in [-0.25, -0.2) is 4.39 Å². The molecule has 1 aliphatic heterocycles. The number of nitrogens with zero attached hydrogens (tertiary/aromatic N) is 1. The summed E-state index contributed by atoms with van der Waals surface area (Å²) in [7, 11) is 0. The second kappa shape index (κ2) is 7.40. The van der Waals surface area contributed by atoms with Crippen LogP contribution in [0.4, 0.5) is 15.8 Å². The maximum absolute atomic E-state index is 12.9. The number of nitrogens with one attached hydrogen (secondary N) is 2. The summed E-state index contributed by atoms with van der Waals surface area (Å²) in [5, 5.41) is 6.42. The van der Waals surface area contributed by atoms with Gasteiger partial charge in [0.05, 0.1) is 0 Å². The number of anilines is 2. The zero-order valence-electron chi connectivity index (χ0n) is 13.1. The van der Waals surface area contributed by atoms with Crippen LogP contribution in [0, 0.1) is 5.82 Å². The highest BCUT2D eigenvalue weighted by Crippen LogP contribution is 2.16. The Morgan fingerprint density at radius 2 is 1.42 bits per heavy atom. The number of amides is 1. The van der Waals surface area contributed by atoms with Crippen LogP contribution in [0.15, 0.2) is 48.5 Å². The van der Waals surface area contributed by atoms with Crippen molar-refractivity contribution in [1.29, 1.82) is 0 Å². The van der Waals surface area contributed by atoms with Gasteiger partial charge in [0.15, 0.2) is 5.11 Å². The van der Waals surface area contributed by atoms with Gasteiger partial charge < -0.3 is 15.5 Å². The molecule has 1 aliphatic rings. The van der Waals surface area contributed by atoms with Crippen LogP contribution in [0.2, 0.25) is 0 Å². The van der Waals surface area contributed by atoms with Crippen molar-refractivity contribution < 1.29 is 9.18 Å². The van der Waals surface area contributed by atoms with E-state index in [4.69, 9.17) is 12.2 Å². The Morgan fingerprint density at radius 1 is 0.917 bits per heavy atom. The number of carbonyl (C=O) groups excluding carboxylic acids is 1. The van der Waals surface area contributed by atoms with Gasteiger partial charge in [-0.1, -0.05) is 0 Å². The van der Waals surface area contributed by atoms with Gasteiger partial charge in [-0.3, -0.25) is 4.79 Å². The van der Waals surface area contributed by atoms with Crippen LogP contribution >= 0.6 is 12.2 Å². The molecule has 24 heavy (non-hydrogen) atoms. The molecule has 2 aromatic carbocycles. The van der Waals surface area contributed by atoms with Gasteiger partial charge in [0.2, 0.25) is 0 Å². The molecule has 124 valence electrons. The van der Waals surface area contributed by atoms with E-state index < -0.39 is 0 Å². The third kappa shape index (κ3) is 4.08. The Labute approximate surface area is 145 Å². The van der Waals surface area contributed by atoms with Crippen LogP contribution in [-0.4, -0.2) is 29.0 Å². The minimum atomic E-state index is -0.294. The van der Waals surface area contributed by atoms with Gasteiger partial charge in [0.1, 0.15) is 5.82 Å². The monoisotopic (exact) mass is 343 g/mol. The minimum Gasteiger partial charge on any atom is -0.339 e. The smallest absolute Gasteiger partial charge is 0.253 e. The first kappa shape index (κ1) is 16.4. The van der Waals surface area contributed by atoms with Crippen molar-refractivity contribution in [1.82, 2.24) is 4.90 Å². The first-order valence-electron chi connectivity index (χ1n) is 7.85. The standard InChI is InChI=1S/C18H18FN3OS/c19-14-5-9-16(10-6-14)21-18(24)20-15-7-3-13(4-8-15)17(23)22-11-1-2-12-22/h3-10H,1-2,11-12H2,(H2,20,21,24). The molecule has 4 nitrogen and oxygen atoms in total. The molecule has 2 N–H and O–H groups in total. The molecule has 0 bridgehead atoms. The average molecular weight is 343 g/mol. The highest BCUT2D eigenvalue weighted by molar-refractivity contribution is 7.80. The van der Waals surface area contributed by atoms with Crippen LogP contribution in [0.1, 0.15) is 23.2 Å². The molecule has 0 saturated carbocycles. The van der Waals surface area contributed by atoms with Crippen molar-refractivity contribution >= 4 is 34.6 Å². The lowest BCUT2D eigenvalue weighted by Crippen LogP contribution is -2.27. The number of carbonyl (C=O) groups is 1. The van der Waals surface area contributed by atoms with Crippen LogP contribution < -0.4 is 10.6 Å². The van der Waals surface area contributed by atoms with Gasteiger partial charge >= 0.3 is 0 Å². The number of benzene rings is 2. The molecule has 1 amide bonds. The third-order valence-corrected chi connectivity index (χ3v) is 4.09. The highest BCUT2D eigenvalue weighted by atomic mass is 32.1. The predicted octanol–water partition coefficient (Wildman–Crippen LogP) is 3.87. The number of likely N-dealkylation sites (tertiary alicyclic amines) is 1. The van der Waals surface area contributed by atoms with Gasteiger partial charge in [-0.2, -0.15) is 0 Å². The molecule has 0 spiro atoms. The summed E-state index contributed by atoms with van der Waals surface area (Å²) in [6.45, 7) is 1.68. The fraction of sp³-hybridized carbons (Fsp3) is 0.222. The quantitative estimate of drug-likeness (QED) is 0.831. The van der Waals surface area contributed by atoms with Gasteiger partial charge in [-0.05, 0) is 73.6 Å². The lowest BCUT2D eigenvalue weighted by molar-refractivity contribution is 0.0793. The number of rotatable bonds is 3. The summed E-state index contributed by atoms with van der Waals surface area (Å²) in [5.41, 5.74) is 2.17. The normalized spacial score (nSPS) is 13.6. The zero-order valence-corrected chi connectivity index (χ0v) is 13.9. The summed E-state index contributed by atoms with van der Waals surface area (Å²) in [6.07, 6.45) is 2.16. The van der Waals surface area contributed by atoms with Crippen molar-refractivity contribution in [2.24, 2.45) is 0 Å². The lowest BCUT2D eigenvalue weighted by Gasteiger charge is -2.15. The number of halogens is 1. The van der Waals surface area contributed by atoms with E-state index in [2.05, 4.69) is 10.6 Å². The van der Waals surface area contributed by atoms with E-state index in [9.17, 15) is 9.18 Å². The molecule has 0 unspecified atom stereocenters. The maximum Gasteiger partial charge on any atom is 0.253 e. The van der Waals surface area contributed by atoms with Gasteiger partial charge in [0, 0.05) is 30.0 Å². The molecule has 1 saturated heterocycles. The molecule has 6 heteroatoms. The van der Waals surface area contributed by atoms with E-state index in [-0.39, 0.29) is 11.7 Å². The van der Waals surface area contributed by atoms with Gasteiger partial charge in [-0.15, -0.1) is 0 Å². The first-order valence-corrected chi connectivity index (χ1v) is 8.25. The topological polar surface area (TPSA) is 44.4 Å². The van der Waals surface area contributed by atoms with E-state index >= 15 is 0 Å².